The Morgan fingerprint density at radius 3 is 2.57 bits per heavy atom. The second-order valence-corrected chi connectivity index (χ2v) is 2.45. The lowest BCUT2D eigenvalue weighted by atomic mass is 10.0. The van der Waals surface area contributed by atoms with Crippen LogP contribution in [0, 0.1) is 22.7 Å². The number of hydrogen-bond donors (Lipinski definition) is 0. The summed E-state index contributed by atoms with van der Waals surface area (Å²) in [6.45, 7) is 0. The lowest BCUT2D eigenvalue weighted by Crippen LogP contribution is -1.95. The third-order valence-corrected chi connectivity index (χ3v) is 1.68. The molecule has 0 aromatic heterocycles. The van der Waals surface area contributed by atoms with Crippen LogP contribution < -0.4 is 0 Å². The normalized spacial score (nSPS) is 10.4. The Labute approximate surface area is 80.7 Å². The zero-order valence-electron chi connectivity index (χ0n) is 7.14. The fourth-order valence-electron chi connectivity index (χ4n) is 1.06. The van der Waals surface area contributed by atoms with E-state index in [0.717, 1.165) is 0 Å². The highest BCUT2D eigenvalue weighted by molar-refractivity contribution is 5.44. The second kappa shape index (κ2) is 4.57. The smallest absolute Gasteiger partial charge is 0.211 e. The van der Waals surface area contributed by atoms with Gasteiger partial charge in [-0.15, -0.1) is 0 Å². The molecular formula is C10H5N3O. The van der Waals surface area contributed by atoms with Crippen LogP contribution in [0.3, 0.4) is 0 Å². The number of carbonyl (C=O) groups excluding carboxylic acids is 1. The second-order valence-electron chi connectivity index (χ2n) is 2.45. The van der Waals surface area contributed by atoms with Gasteiger partial charge in [-0.2, -0.15) is 15.5 Å². The van der Waals surface area contributed by atoms with Crippen molar-refractivity contribution in [3.05, 3.63) is 35.4 Å². The minimum Gasteiger partial charge on any atom is -0.211 e. The van der Waals surface area contributed by atoms with Crippen molar-refractivity contribution in [2.45, 2.75) is 6.04 Å². The van der Waals surface area contributed by atoms with Gasteiger partial charge in [0.15, 0.2) is 6.04 Å². The first-order valence-corrected chi connectivity index (χ1v) is 3.79. The molecule has 0 amide bonds. The zero-order chi connectivity index (χ0) is 10.4. The number of nitrogens with zero attached hydrogens (tertiary/aromatic N) is 3. The molecule has 0 saturated carbocycles. The highest BCUT2D eigenvalue weighted by Crippen LogP contribution is 2.19. The van der Waals surface area contributed by atoms with E-state index in [1.54, 1.807) is 24.3 Å². The number of rotatable bonds is 2. The van der Waals surface area contributed by atoms with E-state index in [2.05, 4.69) is 4.99 Å². The molecule has 0 heterocycles. The summed E-state index contributed by atoms with van der Waals surface area (Å²) in [4.78, 5) is 13.3. The maximum absolute atomic E-state index is 10.0. The van der Waals surface area contributed by atoms with Crippen LogP contribution in [-0.2, 0) is 4.79 Å². The molecule has 66 valence electrons. The third kappa shape index (κ3) is 1.84. The topological polar surface area (TPSA) is 77.0 Å². The summed E-state index contributed by atoms with van der Waals surface area (Å²) in [6.07, 6.45) is 1.31. The minimum atomic E-state index is -0.941. The molecular weight excluding hydrogens is 178 g/mol. The maximum atomic E-state index is 10.0. The molecule has 0 saturated heterocycles. The largest absolute Gasteiger partial charge is 0.236 e. The van der Waals surface area contributed by atoms with E-state index in [4.69, 9.17) is 10.5 Å². The lowest BCUT2D eigenvalue weighted by Gasteiger charge is -2.02. The van der Waals surface area contributed by atoms with Crippen molar-refractivity contribution in [2.24, 2.45) is 4.99 Å². The highest BCUT2D eigenvalue weighted by atomic mass is 16.1. The van der Waals surface area contributed by atoms with Crippen molar-refractivity contribution in [1.29, 1.82) is 10.5 Å². The SMILES string of the molecule is N#Cc1ccccc1C(C#N)N=C=O. The Bertz CT molecular complexity index is 461. The Balaban J connectivity index is 3.25. The fraction of sp³-hybridized carbons (Fsp3) is 0.100. The molecule has 1 unspecified atom stereocenters. The highest BCUT2D eigenvalue weighted by Gasteiger charge is 2.12. The van der Waals surface area contributed by atoms with Crippen LogP contribution in [0.4, 0.5) is 0 Å². The van der Waals surface area contributed by atoms with Crippen LogP contribution in [0.1, 0.15) is 17.2 Å². The predicted molar refractivity (Wildman–Crippen MR) is 47.6 cm³/mol. The van der Waals surface area contributed by atoms with Gasteiger partial charge in [-0.05, 0) is 6.07 Å². The number of nitriles is 2. The van der Waals surface area contributed by atoms with Crippen LogP contribution >= 0.6 is 0 Å². The fourth-order valence-corrected chi connectivity index (χ4v) is 1.06. The molecule has 0 aliphatic rings. The molecule has 0 fully saturated rings. The van der Waals surface area contributed by atoms with E-state index in [0.29, 0.717) is 11.1 Å². The molecule has 0 radical (unpaired) electrons. The molecule has 0 aliphatic carbocycles. The molecule has 0 N–H and O–H groups in total. The summed E-state index contributed by atoms with van der Waals surface area (Å²) >= 11 is 0. The van der Waals surface area contributed by atoms with E-state index in [1.807, 2.05) is 12.1 Å². The third-order valence-electron chi connectivity index (χ3n) is 1.68. The Morgan fingerprint density at radius 2 is 2.00 bits per heavy atom. The first kappa shape index (κ1) is 9.67. The number of hydrogen-bond acceptors (Lipinski definition) is 4. The standard InChI is InChI=1S/C10H5N3O/c11-5-8-3-1-2-4-9(8)10(6-12)13-7-14/h1-4,10H. The summed E-state index contributed by atoms with van der Waals surface area (Å²) in [5.74, 6) is 0. The van der Waals surface area contributed by atoms with Crippen molar-refractivity contribution in [3.8, 4) is 12.1 Å². The van der Waals surface area contributed by atoms with Gasteiger partial charge in [-0.25, -0.2) is 4.79 Å². The van der Waals surface area contributed by atoms with Gasteiger partial charge in [-0.3, -0.25) is 0 Å². The van der Waals surface area contributed by atoms with Crippen LogP contribution in [0.25, 0.3) is 0 Å². The molecule has 0 bridgehead atoms. The zero-order valence-corrected chi connectivity index (χ0v) is 7.14. The first-order chi connectivity index (χ1) is 6.83. The van der Waals surface area contributed by atoms with Crippen LogP contribution in [0.5, 0.6) is 0 Å². The Morgan fingerprint density at radius 1 is 1.29 bits per heavy atom. The average Bonchev–Trinajstić information content (AvgIpc) is 2.26. The van der Waals surface area contributed by atoms with E-state index in [9.17, 15) is 4.79 Å². The molecule has 4 heteroatoms. The van der Waals surface area contributed by atoms with Gasteiger partial charge in [-0.1, -0.05) is 18.2 Å². The molecule has 1 atom stereocenters. The van der Waals surface area contributed by atoms with E-state index < -0.39 is 6.04 Å². The van der Waals surface area contributed by atoms with Crippen molar-refractivity contribution in [1.82, 2.24) is 0 Å². The predicted octanol–water partition coefficient (Wildman–Crippen LogP) is 1.46. The maximum Gasteiger partial charge on any atom is 0.236 e. The summed E-state index contributed by atoms with van der Waals surface area (Å²) in [7, 11) is 0. The summed E-state index contributed by atoms with van der Waals surface area (Å²) < 4.78 is 0. The van der Waals surface area contributed by atoms with Gasteiger partial charge in [0, 0.05) is 5.56 Å². The summed E-state index contributed by atoms with van der Waals surface area (Å²) in [6, 6.07) is 9.32. The number of isocyanates is 1. The molecule has 1 aromatic carbocycles. The first-order valence-electron chi connectivity index (χ1n) is 3.79. The van der Waals surface area contributed by atoms with Crippen molar-refractivity contribution < 1.29 is 4.79 Å². The molecule has 14 heavy (non-hydrogen) atoms. The molecule has 1 rings (SSSR count). The molecule has 0 aliphatic heterocycles. The molecule has 4 nitrogen and oxygen atoms in total. The van der Waals surface area contributed by atoms with Crippen LogP contribution in [-0.4, -0.2) is 6.08 Å². The number of benzene rings is 1. The Kier molecular flexibility index (Phi) is 3.15. The van der Waals surface area contributed by atoms with E-state index in [1.165, 1.54) is 6.08 Å². The average molecular weight is 183 g/mol. The van der Waals surface area contributed by atoms with E-state index >= 15 is 0 Å². The van der Waals surface area contributed by atoms with Gasteiger partial charge < -0.3 is 0 Å². The van der Waals surface area contributed by atoms with Gasteiger partial charge in [0.1, 0.15) is 0 Å². The van der Waals surface area contributed by atoms with Gasteiger partial charge >= 0.3 is 0 Å². The summed E-state index contributed by atoms with van der Waals surface area (Å²) in [5.41, 5.74) is 0.777. The summed E-state index contributed by atoms with van der Waals surface area (Å²) in [5, 5.41) is 17.4. The lowest BCUT2D eigenvalue weighted by molar-refractivity contribution is 0.561. The van der Waals surface area contributed by atoms with Crippen LogP contribution in [0.2, 0.25) is 0 Å². The molecule has 1 aromatic rings. The van der Waals surface area contributed by atoms with Crippen molar-refractivity contribution in [2.75, 3.05) is 0 Å². The van der Waals surface area contributed by atoms with Gasteiger partial charge in [0.05, 0.1) is 17.7 Å². The number of aliphatic imine (C=N–C) groups is 1. The minimum absolute atomic E-state index is 0.345. The quantitative estimate of drug-likeness (QED) is 0.514. The monoisotopic (exact) mass is 183 g/mol. The van der Waals surface area contributed by atoms with Gasteiger partial charge in [0.25, 0.3) is 0 Å². The Hall–Kier alpha value is -2.42. The van der Waals surface area contributed by atoms with E-state index in [-0.39, 0.29) is 0 Å². The van der Waals surface area contributed by atoms with Crippen LogP contribution in [0.15, 0.2) is 29.3 Å². The van der Waals surface area contributed by atoms with Crippen molar-refractivity contribution in [3.63, 3.8) is 0 Å². The molecule has 0 spiro atoms. The van der Waals surface area contributed by atoms with Crippen molar-refractivity contribution >= 4 is 6.08 Å². The van der Waals surface area contributed by atoms with Gasteiger partial charge in [0.2, 0.25) is 6.08 Å².